The smallest absolute Gasteiger partial charge is 0.428 e. The van der Waals surface area contributed by atoms with Crippen LogP contribution in [0.2, 0.25) is 0 Å². The van der Waals surface area contributed by atoms with Crippen molar-refractivity contribution in [1.82, 2.24) is 5.43 Å². The zero-order valence-corrected chi connectivity index (χ0v) is 9.39. The van der Waals surface area contributed by atoms with E-state index >= 15 is 0 Å². The third-order valence-electron chi connectivity index (χ3n) is 2.32. The van der Waals surface area contributed by atoms with Crippen molar-refractivity contribution < 1.29 is 14.3 Å². The van der Waals surface area contributed by atoms with Gasteiger partial charge in [0.15, 0.2) is 0 Å². The first-order valence-corrected chi connectivity index (χ1v) is 5.44. The Balaban J connectivity index is 1.72. The summed E-state index contributed by atoms with van der Waals surface area (Å²) < 4.78 is 10.1. The number of amides is 1. The van der Waals surface area contributed by atoms with E-state index in [0.29, 0.717) is 13.2 Å². The van der Waals surface area contributed by atoms with Gasteiger partial charge in [0.1, 0.15) is 6.61 Å². The molecule has 0 radical (unpaired) electrons. The van der Waals surface area contributed by atoms with Gasteiger partial charge in [-0.05, 0) is 5.56 Å². The number of carbonyl (C=O) groups is 1. The predicted octanol–water partition coefficient (Wildman–Crippen LogP) is 1.69. The highest BCUT2D eigenvalue weighted by molar-refractivity contribution is 5.87. The van der Waals surface area contributed by atoms with Crippen LogP contribution in [-0.4, -0.2) is 25.0 Å². The molecule has 0 unspecified atom stereocenters. The van der Waals surface area contributed by atoms with Gasteiger partial charge in [0.25, 0.3) is 0 Å². The van der Waals surface area contributed by atoms with Gasteiger partial charge in [-0.1, -0.05) is 30.3 Å². The maximum absolute atomic E-state index is 11.3. The number of nitrogens with zero attached hydrogens (tertiary/aromatic N) is 1. The van der Waals surface area contributed by atoms with Gasteiger partial charge < -0.3 is 9.47 Å². The van der Waals surface area contributed by atoms with Crippen molar-refractivity contribution in [1.29, 1.82) is 0 Å². The zero-order chi connectivity index (χ0) is 11.9. The molecule has 90 valence electrons. The van der Waals surface area contributed by atoms with E-state index in [-0.39, 0.29) is 6.61 Å². The van der Waals surface area contributed by atoms with Crippen molar-refractivity contribution in [2.75, 3.05) is 13.2 Å². The SMILES string of the molecule is O=C(N/N=C1/CCOC1)OCc1ccccc1. The molecule has 1 fully saturated rings. The summed E-state index contributed by atoms with van der Waals surface area (Å²) in [7, 11) is 0. The van der Waals surface area contributed by atoms with Gasteiger partial charge in [-0.15, -0.1) is 0 Å². The van der Waals surface area contributed by atoms with Crippen molar-refractivity contribution in [2.24, 2.45) is 5.10 Å². The van der Waals surface area contributed by atoms with E-state index in [4.69, 9.17) is 9.47 Å². The molecule has 5 nitrogen and oxygen atoms in total. The summed E-state index contributed by atoms with van der Waals surface area (Å²) in [5.41, 5.74) is 4.12. The van der Waals surface area contributed by atoms with Crippen LogP contribution in [0.15, 0.2) is 35.4 Å². The standard InChI is InChI=1S/C12H14N2O3/c15-12(14-13-11-6-7-16-9-11)17-8-10-4-2-1-3-5-10/h1-5H,6-9H2,(H,14,15)/b13-11-. The van der Waals surface area contributed by atoms with Crippen LogP contribution in [0, 0.1) is 0 Å². The highest BCUT2D eigenvalue weighted by Crippen LogP contribution is 2.01. The molecule has 1 aromatic carbocycles. The van der Waals surface area contributed by atoms with Crippen LogP contribution in [0.3, 0.4) is 0 Å². The van der Waals surface area contributed by atoms with Gasteiger partial charge in [0.2, 0.25) is 0 Å². The van der Waals surface area contributed by atoms with Gasteiger partial charge in [0, 0.05) is 6.42 Å². The third kappa shape index (κ3) is 3.88. The summed E-state index contributed by atoms with van der Waals surface area (Å²) >= 11 is 0. The Morgan fingerprint density at radius 2 is 2.24 bits per heavy atom. The fourth-order valence-electron chi connectivity index (χ4n) is 1.42. The van der Waals surface area contributed by atoms with Crippen LogP contribution in [0.1, 0.15) is 12.0 Å². The molecule has 0 saturated carbocycles. The average Bonchev–Trinajstić information content (AvgIpc) is 2.88. The van der Waals surface area contributed by atoms with Crippen LogP contribution < -0.4 is 5.43 Å². The fourth-order valence-corrected chi connectivity index (χ4v) is 1.42. The zero-order valence-electron chi connectivity index (χ0n) is 9.39. The predicted molar refractivity (Wildman–Crippen MR) is 62.6 cm³/mol. The summed E-state index contributed by atoms with van der Waals surface area (Å²) in [5.74, 6) is 0. The number of hydrazone groups is 1. The Morgan fingerprint density at radius 3 is 2.94 bits per heavy atom. The van der Waals surface area contributed by atoms with Crippen molar-refractivity contribution >= 4 is 11.8 Å². The lowest BCUT2D eigenvalue weighted by Crippen LogP contribution is -2.20. The number of carbonyl (C=O) groups excluding carboxylic acids is 1. The van der Waals surface area contributed by atoms with Gasteiger partial charge in [-0.3, -0.25) is 0 Å². The Hall–Kier alpha value is -1.88. The minimum absolute atomic E-state index is 0.244. The number of nitrogens with one attached hydrogen (secondary N) is 1. The molecule has 2 rings (SSSR count). The summed E-state index contributed by atoms with van der Waals surface area (Å²) in [6, 6.07) is 9.49. The number of ether oxygens (including phenoxy) is 2. The highest BCUT2D eigenvalue weighted by atomic mass is 16.6. The van der Waals surface area contributed by atoms with Crippen LogP contribution in [0.5, 0.6) is 0 Å². The highest BCUT2D eigenvalue weighted by Gasteiger charge is 2.09. The Labute approximate surface area is 99.4 Å². The van der Waals surface area contributed by atoms with E-state index in [1.54, 1.807) is 0 Å². The molecule has 1 saturated heterocycles. The normalized spacial score (nSPS) is 17.1. The quantitative estimate of drug-likeness (QED) is 0.809. The summed E-state index contributed by atoms with van der Waals surface area (Å²) in [5, 5.41) is 3.90. The van der Waals surface area contributed by atoms with E-state index in [0.717, 1.165) is 17.7 Å². The lowest BCUT2D eigenvalue weighted by Gasteiger charge is -2.03. The first-order valence-electron chi connectivity index (χ1n) is 5.44. The lowest BCUT2D eigenvalue weighted by atomic mass is 10.2. The van der Waals surface area contributed by atoms with Crippen LogP contribution in [0.25, 0.3) is 0 Å². The number of hydrogen-bond donors (Lipinski definition) is 1. The topological polar surface area (TPSA) is 59.9 Å². The molecule has 0 spiro atoms. The minimum Gasteiger partial charge on any atom is -0.443 e. The van der Waals surface area contributed by atoms with Gasteiger partial charge in [-0.25, -0.2) is 10.2 Å². The molecular formula is C12H14N2O3. The van der Waals surface area contributed by atoms with E-state index in [1.807, 2.05) is 30.3 Å². The van der Waals surface area contributed by atoms with Crippen LogP contribution >= 0.6 is 0 Å². The van der Waals surface area contributed by atoms with Crippen molar-refractivity contribution in [2.45, 2.75) is 13.0 Å². The number of benzene rings is 1. The molecule has 0 atom stereocenters. The maximum Gasteiger partial charge on any atom is 0.428 e. The second-order valence-corrected chi connectivity index (χ2v) is 3.65. The number of hydrogen-bond acceptors (Lipinski definition) is 4. The largest absolute Gasteiger partial charge is 0.443 e. The minimum atomic E-state index is -0.548. The molecule has 1 N–H and O–H groups in total. The van der Waals surface area contributed by atoms with Crippen molar-refractivity contribution in [3.63, 3.8) is 0 Å². The first kappa shape index (κ1) is 11.6. The maximum atomic E-state index is 11.3. The van der Waals surface area contributed by atoms with E-state index in [2.05, 4.69) is 10.5 Å². The second-order valence-electron chi connectivity index (χ2n) is 3.65. The summed E-state index contributed by atoms with van der Waals surface area (Å²) in [6.45, 7) is 1.40. The van der Waals surface area contributed by atoms with Crippen LogP contribution in [-0.2, 0) is 16.1 Å². The van der Waals surface area contributed by atoms with E-state index < -0.39 is 6.09 Å². The molecule has 17 heavy (non-hydrogen) atoms. The molecule has 5 heteroatoms. The van der Waals surface area contributed by atoms with E-state index in [9.17, 15) is 4.79 Å². The van der Waals surface area contributed by atoms with Gasteiger partial charge in [0.05, 0.1) is 18.9 Å². The third-order valence-corrected chi connectivity index (χ3v) is 2.32. The average molecular weight is 234 g/mol. The lowest BCUT2D eigenvalue weighted by molar-refractivity contribution is 0.140. The van der Waals surface area contributed by atoms with Crippen molar-refractivity contribution in [3.8, 4) is 0 Å². The molecule has 1 aliphatic heterocycles. The summed E-state index contributed by atoms with van der Waals surface area (Å²) in [4.78, 5) is 11.3. The fraction of sp³-hybridized carbons (Fsp3) is 0.333. The molecule has 0 aromatic heterocycles. The molecule has 1 aliphatic rings. The first-order chi connectivity index (χ1) is 8.34. The van der Waals surface area contributed by atoms with E-state index in [1.165, 1.54) is 0 Å². The van der Waals surface area contributed by atoms with Crippen LogP contribution in [0.4, 0.5) is 4.79 Å². The Morgan fingerprint density at radius 1 is 1.41 bits per heavy atom. The summed E-state index contributed by atoms with van der Waals surface area (Å²) in [6.07, 6.45) is 0.215. The van der Waals surface area contributed by atoms with Gasteiger partial charge in [-0.2, -0.15) is 5.10 Å². The Bertz CT molecular complexity index is 395. The molecular weight excluding hydrogens is 220 g/mol. The Kier molecular flexibility index (Phi) is 4.10. The van der Waals surface area contributed by atoms with Gasteiger partial charge >= 0.3 is 6.09 Å². The molecule has 1 amide bonds. The van der Waals surface area contributed by atoms with Crippen molar-refractivity contribution in [3.05, 3.63) is 35.9 Å². The molecule has 1 heterocycles. The molecule has 0 bridgehead atoms. The molecule has 0 aliphatic carbocycles. The molecule has 1 aromatic rings. The second kappa shape index (κ2) is 6.00. The number of rotatable bonds is 3. The monoisotopic (exact) mass is 234 g/mol.